The molecule has 0 radical (unpaired) electrons. The zero-order chi connectivity index (χ0) is 19.0. The third-order valence-electron chi connectivity index (χ3n) is 4.85. The summed E-state index contributed by atoms with van der Waals surface area (Å²) in [5, 5.41) is 0. The van der Waals surface area contributed by atoms with E-state index in [1.165, 1.54) is 16.7 Å². The number of carbonyl (C=O) groups is 1. The lowest BCUT2D eigenvalue weighted by Crippen LogP contribution is -2.38. The van der Waals surface area contributed by atoms with E-state index in [2.05, 4.69) is 4.98 Å². The van der Waals surface area contributed by atoms with Crippen molar-refractivity contribution in [1.29, 1.82) is 0 Å². The second-order valence-electron chi connectivity index (χ2n) is 6.65. The highest BCUT2D eigenvalue weighted by molar-refractivity contribution is 5.93. The van der Waals surface area contributed by atoms with Gasteiger partial charge in [-0.05, 0) is 60.4 Å². The van der Waals surface area contributed by atoms with Crippen LogP contribution in [-0.2, 0) is 13.0 Å². The number of hydrogen-bond acceptors (Lipinski definition) is 3. The normalized spacial score (nSPS) is 13.3. The van der Waals surface area contributed by atoms with Gasteiger partial charge in [-0.25, -0.2) is 4.39 Å². The summed E-state index contributed by atoms with van der Waals surface area (Å²) in [6.07, 6.45) is 3.98. The molecule has 1 aliphatic heterocycles. The van der Waals surface area contributed by atoms with Crippen LogP contribution in [0.25, 0.3) is 5.69 Å². The Balaban J connectivity index is 1.67. The quantitative estimate of drug-likeness (QED) is 0.704. The van der Waals surface area contributed by atoms with Crippen molar-refractivity contribution in [3.63, 3.8) is 0 Å². The molecule has 0 bridgehead atoms. The number of carbonyl (C=O) groups excluding carboxylic acids is 1. The molecule has 0 fully saturated rings. The smallest absolute Gasteiger partial charge is 0.273 e. The molecule has 3 heterocycles. The van der Waals surface area contributed by atoms with Crippen LogP contribution < -0.4 is 5.56 Å². The van der Waals surface area contributed by atoms with Crippen LogP contribution in [0.1, 0.15) is 27.2 Å². The molecule has 1 amide bonds. The van der Waals surface area contributed by atoms with E-state index in [9.17, 15) is 14.0 Å². The fourth-order valence-corrected chi connectivity index (χ4v) is 3.37. The number of nitrogens with zero attached hydrogens (tertiary/aromatic N) is 3. The molecule has 3 aromatic rings. The maximum atomic E-state index is 13.2. The average molecular weight is 363 g/mol. The van der Waals surface area contributed by atoms with E-state index < -0.39 is 0 Å². The fraction of sp³-hybridized carbons (Fsp3) is 0.190. The van der Waals surface area contributed by atoms with Crippen molar-refractivity contribution < 1.29 is 9.18 Å². The first-order chi connectivity index (χ1) is 13.0. The van der Waals surface area contributed by atoms with Gasteiger partial charge >= 0.3 is 0 Å². The van der Waals surface area contributed by atoms with Crippen molar-refractivity contribution in [3.8, 4) is 5.69 Å². The highest BCUT2D eigenvalue weighted by atomic mass is 19.1. The van der Waals surface area contributed by atoms with Crippen molar-refractivity contribution in [3.05, 3.63) is 93.4 Å². The predicted octanol–water partition coefficient (Wildman–Crippen LogP) is 2.88. The Bertz CT molecular complexity index is 1070. The van der Waals surface area contributed by atoms with E-state index in [0.29, 0.717) is 30.9 Å². The van der Waals surface area contributed by atoms with Crippen LogP contribution in [0, 0.1) is 12.7 Å². The van der Waals surface area contributed by atoms with Gasteiger partial charge in [-0.15, -0.1) is 0 Å². The summed E-state index contributed by atoms with van der Waals surface area (Å²) < 4.78 is 14.7. The molecule has 0 N–H and O–H groups in total. The molecule has 1 aromatic carbocycles. The van der Waals surface area contributed by atoms with Crippen LogP contribution in [0.3, 0.4) is 0 Å². The monoisotopic (exact) mass is 363 g/mol. The minimum Gasteiger partial charge on any atom is -0.333 e. The zero-order valence-electron chi connectivity index (χ0n) is 14.9. The Morgan fingerprint density at radius 1 is 1.15 bits per heavy atom. The molecular formula is C21H18FN3O2. The molecule has 0 saturated heterocycles. The predicted molar refractivity (Wildman–Crippen MR) is 99.4 cm³/mol. The van der Waals surface area contributed by atoms with Crippen molar-refractivity contribution in [2.24, 2.45) is 0 Å². The maximum absolute atomic E-state index is 13.2. The van der Waals surface area contributed by atoms with Gasteiger partial charge in [0.1, 0.15) is 11.5 Å². The van der Waals surface area contributed by atoms with Crippen LogP contribution in [-0.4, -0.2) is 26.9 Å². The Hall–Kier alpha value is -3.28. The number of benzene rings is 1. The maximum Gasteiger partial charge on any atom is 0.273 e. The summed E-state index contributed by atoms with van der Waals surface area (Å²) in [6.45, 7) is 2.82. The van der Waals surface area contributed by atoms with Crippen molar-refractivity contribution in [2.45, 2.75) is 19.9 Å². The lowest BCUT2D eigenvalue weighted by molar-refractivity contribution is 0.0727. The summed E-state index contributed by atoms with van der Waals surface area (Å²) in [4.78, 5) is 31.2. The molecule has 0 unspecified atom stereocenters. The van der Waals surface area contributed by atoms with Gasteiger partial charge < -0.3 is 4.90 Å². The molecule has 27 heavy (non-hydrogen) atoms. The molecule has 0 aliphatic carbocycles. The van der Waals surface area contributed by atoms with Gasteiger partial charge in [-0.2, -0.15) is 0 Å². The van der Waals surface area contributed by atoms with Crippen molar-refractivity contribution >= 4 is 5.91 Å². The zero-order valence-corrected chi connectivity index (χ0v) is 14.9. The lowest BCUT2D eigenvalue weighted by atomic mass is 10.0. The van der Waals surface area contributed by atoms with Crippen LogP contribution >= 0.6 is 0 Å². The van der Waals surface area contributed by atoms with Gasteiger partial charge in [0.05, 0.1) is 0 Å². The number of aryl methyl sites for hydroxylation is 1. The third kappa shape index (κ3) is 3.26. The second-order valence-corrected chi connectivity index (χ2v) is 6.65. The second kappa shape index (κ2) is 6.79. The van der Waals surface area contributed by atoms with Gasteiger partial charge in [-0.3, -0.25) is 19.1 Å². The van der Waals surface area contributed by atoms with Gasteiger partial charge in [0, 0.05) is 37.2 Å². The summed E-state index contributed by atoms with van der Waals surface area (Å²) >= 11 is 0. The van der Waals surface area contributed by atoms with Gasteiger partial charge in [0.25, 0.3) is 11.5 Å². The number of pyridine rings is 2. The minimum absolute atomic E-state index is 0.113. The van der Waals surface area contributed by atoms with Crippen LogP contribution in [0.5, 0.6) is 0 Å². The fourth-order valence-electron chi connectivity index (χ4n) is 3.37. The number of hydrogen-bond donors (Lipinski definition) is 0. The summed E-state index contributed by atoms with van der Waals surface area (Å²) in [6, 6.07) is 11.0. The summed E-state index contributed by atoms with van der Waals surface area (Å²) in [5.41, 5.74) is 3.57. The summed E-state index contributed by atoms with van der Waals surface area (Å²) in [5.74, 6) is -0.467. The number of rotatable bonds is 2. The lowest BCUT2D eigenvalue weighted by Gasteiger charge is -2.29. The topological polar surface area (TPSA) is 55.2 Å². The largest absolute Gasteiger partial charge is 0.333 e. The highest BCUT2D eigenvalue weighted by Crippen LogP contribution is 2.21. The number of fused-ring (bicyclic) bond motifs is 1. The molecule has 6 heteroatoms. The molecule has 0 atom stereocenters. The molecule has 4 rings (SSSR count). The first kappa shape index (κ1) is 17.1. The van der Waals surface area contributed by atoms with Crippen LogP contribution in [0.15, 0.2) is 59.7 Å². The van der Waals surface area contributed by atoms with E-state index in [1.807, 2.05) is 13.0 Å². The van der Waals surface area contributed by atoms with Gasteiger partial charge in [-0.1, -0.05) is 6.07 Å². The first-order valence-electron chi connectivity index (χ1n) is 8.74. The van der Waals surface area contributed by atoms with E-state index in [4.69, 9.17) is 0 Å². The number of halogens is 1. The Kier molecular flexibility index (Phi) is 4.32. The summed E-state index contributed by atoms with van der Waals surface area (Å²) in [7, 11) is 0. The van der Waals surface area contributed by atoms with Crippen molar-refractivity contribution in [2.75, 3.05) is 6.54 Å². The van der Waals surface area contributed by atoms with Gasteiger partial charge in [0.15, 0.2) is 0 Å². The Labute approximate surface area is 155 Å². The van der Waals surface area contributed by atoms with E-state index in [0.717, 1.165) is 16.7 Å². The van der Waals surface area contributed by atoms with Crippen molar-refractivity contribution in [1.82, 2.24) is 14.5 Å². The first-order valence-corrected chi connectivity index (χ1v) is 8.74. The van der Waals surface area contributed by atoms with E-state index >= 15 is 0 Å². The van der Waals surface area contributed by atoms with Crippen LogP contribution in [0.2, 0.25) is 0 Å². The number of amides is 1. The Morgan fingerprint density at radius 2 is 1.93 bits per heavy atom. The van der Waals surface area contributed by atoms with E-state index in [-0.39, 0.29) is 17.3 Å². The highest BCUT2D eigenvalue weighted by Gasteiger charge is 2.24. The third-order valence-corrected chi connectivity index (χ3v) is 4.85. The Morgan fingerprint density at radius 3 is 2.67 bits per heavy atom. The minimum atomic E-state index is -0.354. The molecule has 136 valence electrons. The molecule has 2 aromatic heterocycles. The molecular weight excluding hydrogens is 345 g/mol. The number of aromatic nitrogens is 2. The SMILES string of the molecule is Cc1cccnc1C(=O)N1CCc2cc(=O)n(-c3ccc(F)cc3)cc2C1. The standard InChI is InChI=1S/C21H18FN3O2/c1-14-3-2-9-23-20(14)21(27)24-10-8-15-11-19(26)25(13-16(15)12-24)18-6-4-17(22)5-7-18/h2-7,9,11,13H,8,10,12H2,1H3. The average Bonchev–Trinajstić information content (AvgIpc) is 2.68. The van der Waals surface area contributed by atoms with E-state index in [1.54, 1.807) is 41.6 Å². The van der Waals surface area contributed by atoms with Crippen LogP contribution in [0.4, 0.5) is 4.39 Å². The molecule has 5 nitrogen and oxygen atoms in total. The molecule has 1 aliphatic rings. The molecule has 0 saturated carbocycles. The molecule has 0 spiro atoms. The van der Waals surface area contributed by atoms with Gasteiger partial charge in [0.2, 0.25) is 0 Å².